The molecule has 0 atom stereocenters. The molecule has 0 aliphatic rings. The van der Waals surface area contributed by atoms with E-state index in [0.717, 1.165) is 29.5 Å². The van der Waals surface area contributed by atoms with Crippen LogP contribution in [0.2, 0.25) is 0 Å². The predicted octanol–water partition coefficient (Wildman–Crippen LogP) is 1.68. The van der Waals surface area contributed by atoms with Crippen LogP contribution in [-0.4, -0.2) is 23.3 Å². The zero-order chi connectivity index (χ0) is 12.1. The van der Waals surface area contributed by atoms with Crippen molar-refractivity contribution in [3.05, 3.63) is 40.7 Å². The van der Waals surface area contributed by atoms with Crippen molar-refractivity contribution in [3.63, 3.8) is 0 Å². The average Bonchev–Trinajstić information content (AvgIpc) is 2.34. The topological polar surface area (TPSA) is 62.3 Å². The van der Waals surface area contributed by atoms with Gasteiger partial charge in [0.05, 0.1) is 12.1 Å². The summed E-state index contributed by atoms with van der Waals surface area (Å²) in [5.41, 5.74) is 0.659. The number of unbranched alkanes of at least 4 members (excludes halogenated alkanes) is 1. The second kappa shape index (κ2) is 5.50. The van der Waals surface area contributed by atoms with Crippen molar-refractivity contribution in [2.75, 3.05) is 13.2 Å². The molecule has 2 N–H and O–H groups in total. The van der Waals surface area contributed by atoms with Crippen LogP contribution in [-0.2, 0) is 0 Å². The number of benzene rings is 1. The number of hydrogen-bond donors (Lipinski definition) is 2. The van der Waals surface area contributed by atoms with E-state index in [9.17, 15) is 4.79 Å². The first kappa shape index (κ1) is 11.7. The minimum absolute atomic E-state index is 0.116. The maximum Gasteiger partial charge on any atom is 0.248 e. The van der Waals surface area contributed by atoms with Crippen molar-refractivity contribution in [1.82, 2.24) is 4.98 Å². The third kappa shape index (κ3) is 3.07. The molecule has 17 heavy (non-hydrogen) atoms. The molecular formula is C13H15NO3. The predicted molar refractivity (Wildman–Crippen MR) is 66.4 cm³/mol. The molecule has 0 saturated carbocycles. The summed E-state index contributed by atoms with van der Waals surface area (Å²) in [4.78, 5) is 13.9. The Balaban J connectivity index is 2.11. The van der Waals surface area contributed by atoms with E-state index in [1.54, 1.807) is 6.07 Å². The van der Waals surface area contributed by atoms with Crippen LogP contribution in [0.1, 0.15) is 12.8 Å². The van der Waals surface area contributed by atoms with Crippen LogP contribution >= 0.6 is 0 Å². The van der Waals surface area contributed by atoms with Gasteiger partial charge in [0.2, 0.25) is 5.56 Å². The fraction of sp³-hybridized carbons (Fsp3) is 0.308. The van der Waals surface area contributed by atoms with Gasteiger partial charge in [0.1, 0.15) is 5.75 Å². The molecule has 0 saturated heterocycles. The number of pyridine rings is 1. The molecule has 0 aliphatic carbocycles. The number of hydrogen-bond acceptors (Lipinski definition) is 3. The molecule has 90 valence electrons. The molecule has 1 aromatic carbocycles. The molecule has 0 aliphatic heterocycles. The van der Waals surface area contributed by atoms with E-state index in [0.29, 0.717) is 6.61 Å². The lowest BCUT2D eigenvalue weighted by molar-refractivity contribution is 0.253. The largest absolute Gasteiger partial charge is 0.494 e. The maximum absolute atomic E-state index is 11.2. The second-order valence-electron chi connectivity index (χ2n) is 3.85. The van der Waals surface area contributed by atoms with Crippen molar-refractivity contribution in [3.8, 4) is 5.75 Å². The smallest absolute Gasteiger partial charge is 0.248 e. The molecule has 4 heteroatoms. The SMILES string of the molecule is O=c1ccc2ccc(OCCCCO)cc2[nH]1. The van der Waals surface area contributed by atoms with Gasteiger partial charge in [-0.2, -0.15) is 0 Å². The Bertz CT molecular complexity index is 548. The monoisotopic (exact) mass is 233 g/mol. The molecule has 0 unspecified atom stereocenters. The zero-order valence-corrected chi connectivity index (χ0v) is 9.48. The number of aliphatic hydroxyl groups is 1. The van der Waals surface area contributed by atoms with Crippen LogP contribution in [0.4, 0.5) is 0 Å². The summed E-state index contributed by atoms with van der Waals surface area (Å²) < 4.78 is 5.52. The summed E-state index contributed by atoms with van der Waals surface area (Å²) in [6, 6.07) is 8.88. The van der Waals surface area contributed by atoms with Gasteiger partial charge in [-0.3, -0.25) is 4.79 Å². The number of fused-ring (bicyclic) bond motifs is 1. The molecule has 0 bridgehead atoms. The Morgan fingerprint density at radius 3 is 2.82 bits per heavy atom. The highest BCUT2D eigenvalue weighted by atomic mass is 16.5. The van der Waals surface area contributed by atoms with E-state index in [2.05, 4.69) is 4.98 Å². The number of H-pyrrole nitrogens is 1. The van der Waals surface area contributed by atoms with E-state index in [1.165, 1.54) is 6.07 Å². The van der Waals surface area contributed by atoms with Gasteiger partial charge in [-0.15, -0.1) is 0 Å². The van der Waals surface area contributed by atoms with Crippen molar-refractivity contribution in [1.29, 1.82) is 0 Å². The van der Waals surface area contributed by atoms with Crippen molar-refractivity contribution >= 4 is 10.9 Å². The zero-order valence-electron chi connectivity index (χ0n) is 9.48. The Hall–Kier alpha value is -1.81. The maximum atomic E-state index is 11.2. The molecule has 4 nitrogen and oxygen atoms in total. The van der Waals surface area contributed by atoms with E-state index >= 15 is 0 Å². The first-order valence-corrected chi connectivity index (χ1v) is 5.66. The number of ether oxygens (including phenoxy) is 1. The average molecular weight is 233 g/mol. The summed E-state index contributed by atoms with van der Waals surface area (Å²) in [5, 5.41) is 9.62. The first-order chi connectivity index (χ1) is 8.29. The number of aromatic nitrogens is 1. The van der Waals surface area contributed by atoms with E-state index < -0.39 is 0 Å². The minimum Gasteiger partial charge on any atom is -0.494 e. The molecule has 1 aromatic heterocycles. The highest BCUT2D eigenvalue weighted by Gasteiger charge is 1.98. The lowest BCUT2D eigenvalue weighted by Crippen LogP contribution is -2.03. The standard InChI is InChI=1S/C13H15NO3/c15-7-1-2-8-17-11-5-3-10-4-6-13(16)14-12(10)9-11/h3-6,9,15H,1-2,7-8H2,(H,14,16). The highest BCUT2D eigenvalue weighted by molar-refractivity contribution is 5.79. The minimum atomic E-state index is -0.116. The fourth-order valence-electron chi connectivity index (χ4n) is 1.62. The lowest BCUT2D eigenvalue weighted by Gasteiger charge is -2.06. The van der Waals surface area contributed by atoms with Crippen molar-refractivity contribution < 1.29 is 9.84 Å². The van der Waals surface area contributed by atoms with Gasteiger partial charge in [0, 0.05) is 18.7 Å². The summed E-state index contributed by atoms with van der Waals surface area (Å²) >= 11 is 0. The van der Waals surface area contributed by atoms with Crippen LogP contribution in [0.3, 0.4) is 0 Å². The van der Waals surface area contributed by atoms with Crippen molar-refractivity contribution in [2.45, 2.75) is 12.8 Å². The summed E-state index contributed by atoms with van der Waals surface area (Å²) in [6.07, 6.45) is 1.56. The molecule has 0 radical (unpaired) electrons. The third-order valence-corrected chi connectivity index (χ3v) is 2.52. The molecule has 2 rings (SSSR count). The Labute approximate surface area is 98.9 Å². The molecule has 0 amide bonds. The molecule has 2 aromatic rings. The Kier molecular flexibility index (Phi) is 3.77. The quantitative estimate of drug-likeness (QED) is 0.772. The number of rotatable bonds is 5. The van der Waals surface area contributed by atoms with Crippen LogP contribution in [0.15, 0.2) is 35.1 Å². The molecule has 1 heterocycles. The van der Waals surface area contributed by atoms with E-state index in [4.69, 9.17) is 9.84 Å². The van der Waals surface area contributed by atoms with Crippen molar-refractivity contribution in [2.24, 2.45) is 0 Å². The molecular weight excluding hydrogens is 218 g/mol. The van der Waals surface area contributed by atoms with Gasteiger partial charge >= 0.3 is 0 Å². The molecule has 0 spiro atoms. The van der Waals surface area contributed by atoms with Gasteiger partial charge in [-0.1, -0.05) is 0 Å². The lowest BCUT2D eigenvalue weighted by atomic mass is 10.2. The van der Waals surface area contributed by atoms with Gasteiger partial charge in [0.15, 0.2) is 0 Å². The Morgan fingerprint density at radius 1 is 1.18 bits per heavy atom. The van der Waals surface area contributed by atoms with E-state index in [-0.39, 0.29) is 12.2 Å². The summed E-state index contributed by atoms with van der Waals surface area (Å²) in [6.45, 7) is 0.761. The first-order valence-electron chi connectivity index (χ1n) is 5.66. The van der Waals surface area contributed by atoms with Crippen LogP contribution in [0.25, 0.3) is 10.9 Å². The second-order valence-corrected chi connectivity index (χ2v) is 3.85. The summed E-state index contributed by atoms with van der Waals surface area (Å²) in [7, 11) is 0. The van der Waals surface area contributed by atoms with Gasteiger partial charge < -0.3 is 14.8 Å². The Morgan fingerprint density at radius 2 is 2.00 bits per heavy atom. The van der Waals surface area contributed by atoms with Crippen LogP contribution < -0.4 is 10.3 Å². The van der Waals surface area contributed by atoms with Gasteiger partial charge in [0.25, 0.3) is 0 Å². The third-order valence-electron chi connectivity index (χ3n) is 2.52. The van der Waals surface area contributed by atoms with Gasteiger partial charge in [-0.05, 0) is 36.4 Å². The van der Waals surface area contributed by atoms with Crippen LogP contribution in [0, 0.1) is 0 Å². The number of nitrogens with one attached hydrogen (secondary N) is 1. The highest BCUT2D eigenvalue weighted by Crippen LogP contribution is 2.18. The molecule has 0 fully saturated rings. The number of aromatic amines is 1. The van der Waals surface area contributed by atoms with E-state index in [1.807, 2.05) is 18.2 Å². The fourth-order valence-corrected chi connectivity index (χ4v) is 1.62. The normalized spacial score (nSPS) is 10.6. The number of aliphatic hydroxyl groups excluding tert-OH is 1. The van der Waals surface area contributed by atoms with Gasteiger partial charge in [-0.25, -0.2) is 0 Å². The summed E-state index contributed by atoms with van der Waals surface area (Å²) in [5.74, 6) is 0.734. The van der Waals surface area contributed by atoms with Crippen LogP contribution in [0.5, 0.6) is 5.75 Å².